The number of anilines is 15. The molecule has 0 unspecified atom stereocenters. The van der Waals surface area contributed by atoms with Crippen LogP contribution >= 0.6 is 0 Å². The number of nitrogens with zero attached hydrogens (tertiary/aromatic N) is 15. The van der Waals surface area contributed by atoms with E-state index in [0.29, 0.717) is 0 Å². The summed E-state index contributed by atoms with van der Waals surface area (Å²) in [6.07, 6.45) is 5.61. The van der Waals surface area contributed by atoms with Gasteiger partial charge in [0.15, 0.2) is 0 Å². The molecule has 0 atom stereocenters. The molecule has 10 heterocycles. The number of para-hydroxylation sites is 2. The molecule has 0 saturated heterocycles. The zero-order chi connectivity index (χ0) is 70.2. The molecule has 8 aromatic carbocycles. The Morgan fingerprint density at radius 3 is 1.05 bits per heavy atom. The van der Waals surface area contributed by atoms with Gasteiger partial charge in [-0.1, -0.05) is 105 Å². The Balaban J connectivity index is 0.000000153. The van der Waals surface area contributed by atoms with Crippen LogP contribution < -0.4 is 49.0 Å². The van der Waals surface area contributed by atoms with Crippen molar-refractivity contribution in [2.75, 3.05) is 84.2 Å². The van der Waals surface area contributed by atoms with Gasteiger partial charge < -0.3 is 49.0 Å². The first-order valence-corrected chi connectivity index (χ1v) is 33.6. The summed E-state index contributed by atoms with van der Waals surface area (Å²) in [5.74, 6) is 4.73. The van der Waals surface area contributed by atoms with E-state index < -0.39 is 0 Å². The Hall–Kier alpha value is -9.24. The second-order valence-corrected chi connectivity index (χ2v) is 25.2. The molecule has 5 radical (unpaired) electrons. The second-order valence-electron chi connectivity index (χ2n) is 25.2. The molecule has 13 aromatic rings. The van der Waals surface area contributed by atoms with Gasteiger partial charge in [-0.2, -0.15) is 160 Å². The molecule has 0 saturated carbocycles. The molecule has 0 spiro atoms. The van der Waals surface area contributed by atoms with Crippen LogP contribution in [-0.2, 0) is 101 Å². The van der Waals surface area contributed by atoms with Crippen molar-refractivity contribution >= 4 is 86.0 Å². The average molecular weight is 2290 g/mol. The van der Waals surface area contributed by atoms with Crippen molar-refractivity contribution in [3.63, 3.8) is 0 Å². The molecule has 5 aliphatic rings. The number of pyridine rings is 5. The van der Waals surface area contributed by atoms with Gasteiger partial charge in [0.05, 0.1) is 11.4 Å². The first kappa shape index (κ1) is 81.8. The van der Waals surface area contributed by atoms with E-state index in [1.54, 1.807) is 0 Å². The van der Waals surface area contributed by atoms with Gasteiger partial charge in [-0.15, -0.1) is 52.2 Å². The van der Waals surface area contributed by atoms with Crippen LogP contribution in [0.2, 0.25) is 0 Å². The second kappa shape index (κ2) is 37.5. The molecule has 0 N–H and O–H groups in total. The van der Waals surface area contributed by atoms with E-state index in [1.165, 1.54) is 33.4 Å². The molecule has 5 aliphatic heterocycles. The molecule has 0 fully saturated rings. The van der Waals surface area contributed by atoms with Crippen molar-refractivity contribution in [2.24, 2.45) is 0 Å². The summed E-state index contributed by atoms with van der Waals surface area (Å²) in [4.78, 5) is 44.0. The molecule has 15 nitrogen and oxygen atoms in total. The Morgan fingerprint density at radius 1 is 0.271 bits per heavy atom. The summed E-state index contributed by atoms with van der Waals surface area (Å²) in [5.41, 5.74) is 21.9. The predicted octanol–water partition coefficient (Wildman–Crippen LogP) is 19.2. The van der Waals surface area contributed by atoms with Crippen LogP contribution in [-0.4, -0.2) is 60.2 Å². The van der Waals surface area contributed by atoms with E-state index in [9.17, 15) is 0 Å². The monoisotopic (exact) mass is 2290 g/mol. The maximum absolute atomic E-state index is 4.86. The summed E-state index contributed by atoms with van der Waals surface area (Å²) in [5, 5.41) is 0. The normalized spacial score (nSPS) is 12.9. The average Bonchev–Trinajstić information content (AvgIpc) is 1.68. The molecule has 20 heteroatoms. The van der Waals surface area contributed by atoms with Gasteiger partial charge in [0.1, 0.15) is 29.1 Å². The van der Waals surface area contributed by atoms with Crippen LogP contribution in [0, 0.1) is 91.4 Å². The van der Waals surface area contributed by atoms with Crippen molar-refractivity contribution in [3.05, 3.63) is 347 Å². The predicted molar refractivity (Wildman–Crippen MR) is 417 cm³/mol. The van der Waals surface area contributed by atoms with Crippen LogP contribution in [0.4, 0.5) is 86.0 Å². The Bertz CT molecular complexity index is 4760. The van der Waals surface area contributed by atoms with E-state index in [4.69, 9.17) is 9.97 Å². The third-order valence-electron chi connectivity index (χ3n) is 17.5. The molecule has 0 bridgehead atoms. The Labute approximate surface area is 697 Å². The minimum atomic E-state index is 0. The topological polar surface area (TPSA) is 96.8 Å². The Kier molecular flexibility index (Phi) is 28.7. The molecule has 18 rings (SSSR count). The van der Waals surface area contributed by atoms with E-state index in [1.807, 2.05) is 202 Å². The van der Waals surface area contributed by atoms with Gasteiger partial charge in [-0.05, 0) is 114 Å². The number of hydrogen-bond donors (Lipinski definition) is 0. The zero-order valence-electron chi connectivity index (χ0n) is 60.1. The SMILES string of the molecule is CN1[CH-]N(c2[c-]ccc(-c3ccccc3)c2)c2ncccc21.CN1[CH-]N(c2[c-]cccc2)c2nc(-c3ccccc3)ccc21.CN1[CH-]N(c2[c-]cccc2)c2nc(-c3ccccc3)ccc21.Cc1c[c-]c(N2[CH-]N(C)c3cc(C)cnc32)cc1.Cc1c[c-]c(N2[CH-]N(C)c3cc(C)cnc32)cc1.[Ir].[Ir].[Ir].[Ir].[Ir]. The maximum Gasteiger partial charge on any atom is 0.125 e. The van der Waals surface area contributed by atoms with Gasteiger partial charge in [0.25, 0.3) is 0 Å². The van der Waals surface area contributed by atoms with Gasteiger partial charge in [0, 0.05) is 159 Å². The van der Waals surface area contributed by atoms with Crippen molar-refractivity contribution in [2.45, 2.75) is 27.7 Å². The van der Waals surface area contributed by atoms with Crippen LogP contribution in [0.3, 0.4) is 0 Å². The fraction of sp³-hybridized carbons (Fsp3) is 0.103. The molecular formula is C87H75Ir5N15-10. The number of fused-ring (bicyclic) bond motifs is 5. The van der Waals surface area contributed by atoms with Crippen LogP contribution in [0.25, 0.3) is 33.6 Å². The number of aromatic nitrogens is 5. The minimum absolute atomic E-state index is 0. The van der Waals surface area contributed by atoms with E-state index in [0.717, 1.165) is 108 Å². The smallest absolute Gasteiger partial charge is 0.125 e. The number of aryl methyl sites for hydroxylation is 4. The summed E-state index contributed by atoms with van der Waals surface area (Å²) >= 11 is 0. The molecule has 5 aromatic heterocycles. The first-order chi connectivity index (χ1) is 49.8. The summed E-state index contributed by atoms with van der Waals surface area (Å²) in [6.45, 7) is 18.4. The summed E-state index contributed by atoms with van der Waals surface area (Å²) < 4.78 is 0. The number of rotatable bonds is 8. The fourth-order valence-corrected chi connectivity index (χ4v) is 12.3. The quantitative estimate of drug-likeness (QED) is 0.135. The fourth-order valence-electron chi connectivity index (χ4n) is 12.3. The minimum Gasteiger partial charge on any atom is -0.502 e. The van der Waals surface area contributed by atoms with Crippen LogP contribution in [0.1, 0.15) is 22.3 Å². The van der Waals surface area contributed by atoms with Crippen LogP contribution in [0.5, 0.6) is 0 Å². The third-order valence-corrected chi connectivity index (χ3v) is 17.5. The summed E-state index contributed by atoms with van der Waals surface area (Å²) in [7, 11) is 10.2. The molecule has 0 amide bonds. The van der Waals surface area contributed by atoms with E-state index >= 15 is 0 Å². The van der Waals surface area contributed by atoms with Crippen molar-refractivity contribution in [1.29, 1.82) is 0 Å². The molecule has 553 valence electrons. The van der Waals surface area contributed by atoms with Gasteiger partial charge in [-0.3, -0.25) is 0 Å². The number of benzene rings is 8. The van der Waals surface area contributed by atoms with Crippen molar-refractivity contribution in [1.82, 2.24) is 24.9 Å². The van der Waals surface area contributed by atoms with Crippen molar-refractivity contribution in [3.8, 4) is 33.6 Å². The maximum atomic E-state index is 4.86. The Morgan fingerprint density at radius 2 is 0.636 bits per heavy atom. The standard InChI is InChI=1S/3C19H15N3.2C15H15N3.5Ir/c2*1-21-14-22(16-10-6-3-7-11-16)19-18(21)13-12-17(20-19)15-8-4-2-5-9-15;1-21-14-22(19-18(21)11-6-12-20-19)17-10-5-9-16(13-17)15-7-3-2-4-8-15;2*1-11-4-6-13(7-5-11)18-10-17(3)14-8-12(2)9-16-15(14)18;;;;;/h2*2-10,12-14H,1H3;2-9,11-14H,1H3;2*4-6,8-10H,1-3H3;;;;;/q5*-2;;;;;. The summed E-state index contributed by atoms with van der Waals surface area (Å²) in [6, 6.07) is 98.3. The van der Waals surface area contributed by atoms with Crippen molar-refractivity contribution < 1.29 is 101 Å². The van der Waals surface area contributed by atoms with Gasteiger partial charge in [0.2, 0.25) is 0 Å². The largest absolute Gasteiger partial charge is 0.502 e. The molecule has 0 aliphatic carbocycles. The zero-order valence-corrected chi connectivity index (χ0v) is 72.1. The molecular weight excluding hydrogens is 2220 g/mol. The van der Waals surface area contributed by atoms with Gasteiger partial charge >= 0.3 is 0 Å². The van der Waals surface area contributed by atoms with E-state index in [2.05, 4.69) is 249 Å². The third kappa shape index (κ3) is 18.7. The van der Waals surface area contributed by atoms with E-state index in [-0.39, 0.29) is 101 Å². The van der Waals surface area contributed by atoms with Gasteiger partial charge in [-0.25, -0.2) is 24.9 Å². The first-order valence-electron chi connectivity index (χ1n) is 33.6. The van der Waals surface area contributed by atoms with Crippen LogP contribution in [0.15, 0.2) is 261 Å². The molecule has 107 heavy (non-hydrogen) atoms. The number of hydrogen-bond acceptors (Lipinski definition) is 15.